The van der Waals surface area contributed by atoms with E-state index in [1.165, 1.54) is 17.0 Å². The van der Waals surface area contributed by atoms with Crippen molar-refractivity contribution in [3.63, 3.8) is 0 Å². The number of nitrogens with one attached hydrogen (secondary N) is 1. The summed E-state index contributed by atoms with van der Waals surface area (Å²) in [6.07, 6.45) is 0.916. The third-order valence-electron chi connectivity index (χ3n) is 7.89. The van der Waals surface area contributed by atoms with Gasteiger partial charge in [0, 0.05) is 24.0 Å². The van der Waals surface area contributed by atoms with Gasteiger partial charge in [-0.15, -0.1) is 0 Å². The maximum Gasteiger partial charge on any atom is 0.264 e. The summed E-state index contributed by atoms with van der Waals surface area (Å²) in [6, 6.07) is 28.5. The van der Waals surface area contributed by atoms with Crippen molar-refractivity contribution in [2.45, 2.75) is 64.1 Å². The molecule has 10 heteroatoms. The molecule has 2 atom stereocenters. The van der Waals surface area contributed by atoms with Gasteiger partial charge in [0.1, 0.15) is 18.3 Å². The summed E-state index contributed by atoms with van der Waals surface area (Å²) in [5.41, 5.74) is 2.74. The first kappa shape index (κ1) is 35.5. The monoisotopic (exact) mass is 675 g/mol. The number of rotatable bonds is 15. The number of anilines is 1. The van der Waals surface area contributed by atoms with Gasteiger partial charge in [0.15, 0.2) is 0 Å². The molecule has 0 saturated carbocycles. The van der Waals surface area contributed by atoms with Crippen LogP contribution in [0.2, 0.25) is 5.02 Å². The average Bonchev–Trinajstić information content (AvgIpc) is 3.07. The largest absolute Gasteiger partial charge is 0.494 e. The number of carbonyl (C=O) groups excluding carboxylic acids is 2. The first-order valence-corrected chi connectivity index (χ1v) is 17.5. The van der Waals surface area contributed by atoms with Crippen LogP contribution in [0.1, 0.15) is 43.9 Å². The van der Waals surface area contributed by atoms with Crippen LogP contribution >= 0.6 is 11.6 Å². The predicted molar refractivity (Wildman–Crippen MR) is 187 cm³/mol. The van der Waals surface area contributed by atoms with Crippen molar-refractivity contribution in [2.75, 3.05) is 17.5 Å². The Labute approximate surface area is 283 Å². The standard InChI is InChI=1S/C37H42ClN3O5S/c1-5-28(4)39-37(43)35(24-29-12-8-7-9-13-29)40(25-30-14-10-11-15-34(30)38)36(42)26-41(31-18-16-27(3)17-19-31)47(44,45)33-22-20-32(21-23-33)46-6-2/h7-23,28,35H,5-6,24-26H2,1-4H3,(H,39,43). The van der Waals surface area contributed by atoms with Crippen LogP contribution < -0.4 is 14.4 Å². The highest BCUT2D eigenvalue weighted by atomic mass is 35.5. The molecule has 248 valence electrons. The number of hydrogen-bond acceptors (Lipinski definition) is 5. The third kappa shape index (κ3) is 9.36. The van der Waals surface area contributed by atoms with Crippen molar-refractivity contribution in [2.24, 2.45) is 0 Å². The van der Waals surface area contributed by atoms with Crippen LogP contribution in [0.15, 0.2) is 108 Å². The third-order valence-corrected chi connectivity index (χ3v) is 10.1. The van der Waals surface area contributed by atoms with Crippen LogP contribution in [0, 0.1) is 6.92 Å². The summed E-state index contributed by atoms with van der Waals surface area (Å²) < 4.78 is 35.1. The maximum atomic E-state index is 14.6. The summed E-state index contributed by atoms with van der Waals surface area (Å²) in [7, 11) is -4.23. The van der Waals surface area contributed by atoms with E-state index in [4.69, 9.17) is 16.3 Å². The fourth-order valence-electron chi connectivity index (χ4n) is 5.05. The van der Waals surface area contributed by atoms with Gasteiger partial charge < -0.3 is 15.0 Å². The minimum Gasteiger partial charge on any atom is -0.494 e. The van der Waals surface area contributed by atoms with Crippen LogP contribution in [-0.2, 0) is 32.6 Å². The normalized spacial score (nSPS) is 12.5. The summed E-state index contributed by atoms with van der Waals surface area (Å²) in [4.78, 5) is 30.0. The Morgan fingerprint density at radius 3 is 2.13 bits per heavy atom. The van der Waals surface area contributed by atoms with Crippen molar-refractivity contribution >= 4 is 39.1 Å². The topological polar surface area (TPSA) is 96.0 Å². The van der Waals surface area contributed by atoms with Crippen molar-refractivity contribution in [1.82, 2.24) is 10.2 Å². The molecule has 1 N–H and O–H groups in total. The Bertz CT molecular complexity index is 1730. The molecule has 0 heterocycles. The quantitative estimate of drug-likeness (QED) is 0.150. The van der Waals surface area contributed by atoms with Gasteiger partial charge in [-0.05, 0) is 80.8 Å². The minimum atomic E-state index is -4.23. The second-order valence-corrected chi connectivity index (χ2v) is 13.7. The lowest BCUT2D eigenvalue weighted by Gasteiger charge is -2.34. The van der Waals surface area contributed by atoms with E-state index in [-0.39, 0.29) is 29.8 Å². The molecule has 2 unspecified atom stereocenters. The molecule has 0 bridgehead atoms. The van der Waals surface area contributed by atoms with E-state index in [0.717, 1.165) is 15.4 Å². The van der Waals surface area contributed by atoms with Gasteiger partial charge in [-0.1, -0.05) is 84.8 Å². The van der Waals surface area contributed by atoms with Crippen molar-refractivity contribution in [1.29, 1.82) is 0 Å². The predicted octanol–water partition coefficient (Wildman–Crippen LogP) is 6.80. The van der Waals surface area contributed by atoms with Crippen molar-refractivity contribution in [3.05, 3.63) is 125 Å². The average molecular weight is 676 g/mol. The summed E-state index contributed by atoms with van der Waals surface area (Å²) in [6.45, 7) is 7.49. The van der Waals surface area contributed by atoms with E-state index in [1.807, 2.05) is 64.1 Å². The molecule has 0 radical (unpaired) electrons. The molecule has 4 aromatic carbocycles. The lowest BCUT2D eigenvalue weighted by Crippen LogP contribution is -2.54. The molecule has 47 heavy (non-hydrogen) atoms. The Morgan fingerprint density at radius 2 is 1.51 bits per heavy atom. The van der Waals surface area contributed by atoms with Crippen LogP contribution in [0.25, 0.3) is 0 Å². The number of benzene rings is 4. The Hall–Kier alpha value is -4.34. The number of ether oxygens (including phenoxy) is 1. The molecule has 0 spiro atoms. The highest BCUT2D eigenvalue weighted by molar-refractivity contribution is 7.92. The van der Waals surface area contributed by atoms with Crippen LogP contribution in [0.5, 0.6) is 5.75 Å². The molecular formula is C37H42ClN3O5S. The second-order valence-electron chi connectivity index (χ2n) is 11.4. The van der Waals surface area contributed by atoms with E-state index in [1.54, 1.807) is 54.6 Å². The van der Waals surface area contributed by atoms with Gasteiger partial charge in [0.25, 0.3) is 10.0 Å². The number of sulfonamides is 1. The van der Waals surface area contributed by atoms with E-state index >= 15 is 0 Å². The molecule has 4 aromatic rings. The fraction of sp³-hybridized carbons (Fsp3) is 0.297. The fourth-order valence-corrected chi connectivity index (χ4v) is 6.66. The Morgan fingerprint density at radius 1 is 0.872 bits per heavy atom. The van der Waals surface area contributed by atoms with Gasteiger partial charge in [0.2, 0.25) is 11.8 Å². The first-order valence-electron chi connectivity index (χ1n) is 15.7. The number of nitrogens with zero attached hydrogens (tertiary/aromatic N) is 2. The smallest absolute Gasteiger partial charge is 0.264 e. The molecule has 0 aromatic heterocycles. The van der Waals surface area contributed by atoms with Gasteiger partial charge in [-0.25, -0.2) is 8.42 Å². The lowest BCUT2D eigenvalue weighted by molar-refractivity contribution is -0.140. The molecule has 0 aliphatic carbocycles. The van der Waals surface area contributed by atoms with Crippen LogP contribution in [0.4, 0.5) is 5.69 Å². The highest BCUT2D eigenvalue weighted by Gasteiger charge is 2.35. The van der Waals surface area contributed by atoms with Crippen LogP contribution in [-0.4, -0.2) is 50.4 Å². The Kier molecular flexibility index (Phi) is 12.4. The van der Waals surface area contributed by atoms with E-state index in [9.17, 15) is 18.0 Å². The molecule has 0 aliphatic heterocycles. The van der Waals surface area contributed by atoms with Crippen molar-refractivity contribution < 1.29 is 22.7 Å². The minimum absolute atomic E-state index is 0.00216. The molecular weight excluding hydrogens is 634 g/mol. The summed E-state index contributed by atoms with van der Waals surface area (Å²) in [5, 5.41) is 3.47. The summed E-state index contributed by atoms with van der Waals surface area (Å²) >= 11 is 6.57. The van der Waals surface area contributed by atoms with Gasteiger partial charge in [0.05, 0.1) is 17.2 Å². The maximum absolute atomic E-state index is 14.6. The van der Waals surface area contributed by atoms with E-state index in [2.05, 4.69) is 5.32 Å². The van der Waals surface area contributed by atoms with Gasteiger partial charge >= 0.3 is 0 Å². The molecule has 4 rings (SSSR count). The second kappa shape index (κ2) is 16.5. The number of halogens is 1. The zero-order valence-electron chi connectivity index (χ0n) is 27.2. The highest BCUT2D eigenvalue weighted by Crippen LogP contribution is 2.27. The first-order chi connectivity index (χ1) is 22.5. The molecule has 0 saturated heterocycles. The number of amides is 2. The number of aryl methyl sites for hydroxylation is 1. The number of hydrogen-bond donors (Lipinski definition) is 1. The van der Waals surface area contributed by atoms with E-state index in [0.29, 0.717) is 35.1 Å². The number of carbonyl (C=O) groups is 2. The zero-order chi connectivity index (χ0) is 34.0. The van der Waals surface area contributed by atoms with Crippen molar-refractivity contribution in [3.8, 4) is 5.75 Å². The summed E-state index contributed by atoms with van der Waals surface area (Å²) in [5.74, 6) is -0.355. The van der Waals surface area contributed by atoms with Gasteiger partial charge in [-0.3, -0.25) is 13.9 Å². The Balaban J connectivity index is 1.80. The molecule has 0 aliphatic rings. The molecule has 0 fully saturated rings. The lowest BCUT2D eigenvalue weighted by atomic mass is 10.0. The molecule has 8 nitrogen and oxygen atoms in total. The molecule has 2 amide bonds. The van der Waals surface area contributed by atoms with Crippen LogP contribution in [0.3, 0.4) is 0 Å². The SMILES string of the molecule is CCOc1ccc(S(=O)(=O)N(CC(=O)N(Cc2ccccc2Cl)C(Cc2ccccc2)C(=O)NC(C)CC)c2ccc(C)cc2)cc1. The van der Waals surface area contributed by atoms with E-state index < -0.39 is 28.5 Å². The van der Waals surface area contributed by atoms with Gasteiger partial charge in [-0.2, -0.15) is 0 Å². The zero-order valence-corrected chi connectivity index (χ0v) is 28.8.